The maximum absolute atomic E-state index is 13.6. The molecular formula is C58H111AgF4O17SSi4. The van der Waals surface area contributed by atoms with Gasteiger partial charge in [0.15, 0.2) is 36.6 Å². The van der Waals surface area contributed by atoms with Gasteiger partial charge >= 0.3 is 55.1 Å². The monoisotopic (exact) mass is 1410 g/mol. The Kier molecular flexibility index (Phi) is 46.1. The van der Waals surface area contributed by atoms with Crippen LogP contribution in [0.15, 0.2) is 4.90 Å². The summed E-state index contributed by atoms with van der Waals surface area (Å²) in [6.45, 7) is 44.5. The molecule has 0 aliphatic carbocycles. The molecule has 0 saturated carbocycles. The molecule has 0 aliphatic rings. The SMILES string of the molecule is CCC(C)(C)C(=O)OCCC[Si](O[Si](C)(C)C)(O[Si](C)(C)C)O[Si](C)(C)C.CCC(C)(C)C(=O)OCCOCCOCCO.CCC(C)(C)C(=O)Oc1c(F)c(F)c(S(=O)(=O)[O-])c(F)c1F.CCCCCCCCCCCOC(=O)C(C)CC.[Ag+]. The van der Waals surface area contributed by atoms with Crippen LogP contribution in [0.5, 0.6) is 5.75 Å². The fraction of sp³-hybridized carbons (Fsp3) is 0.828. The summed E-state index contributed by atoms with van der Waals surface area (Å²) >= 11 is 0. The Morgan fingerprint density at radius 3 is 1.24 bits per heavy atom. The number of hydrogen-bond acceptors (Lipinski definition) is 17. The van der Waals surface area contributed by atoms with Gasteiger partial charge in [-0.25, -0.2) is 17.2 Å². The Labute approximate surface area is 529 Å². The van der Waals surface area contributed by atoms with Crippen molar-refractivity contribution in [1.29, 1.82) is 0 Å². The number of ether oxygens (including phenoxy) is 6. The van der Waals surface area contributed by atoms with Crippen molar-refractivity contribution in [3.8, 4) is 5.75 Å². The molecule has 1 aromatic rings. The molecule has 1 unspecified atom stereocenters. The quantitative estimate of drug-likeness (QED) is 0.00948. The molecular weight excluding hydrogens is 1300 g/mol. The molecule has 27 heteroatoms. The third-order valence-electron chi connectivity index (χ3n) is 12.8. The largest absolute Gasteiger partial charge is 1.00 e. The number of aliphatic hydroxyl groups excluding tert-OH is 1. The minimum Gasteiger partial charge on any atom is -0.744 e. The fourth-order valence-electron chi connectivity index (χ4n) is 6.50. The summed E-state index contributed by atoms with van der Waals surface area (Å²) in [5.74, 6) is -12.7. The van der Waals surface area contributed by atoms with Crippen molar-refractivity contribution in [2.45, 2.75) is 243 Å². The van der Waals surface area contributed by atoms with Gasteiger partial charge in [0.05, 0.1) is 68.4 Å². The Balaban J connectivity index is -0.000000521. The molecule has 17 nitrogen and oxygen atoms in total. The molecule has 506 valence electrons. The van der Waals surface area contributed by atoms with Gasteiger partial charge in [-0.3, -0.25) is 19.2 Å². The summed E-state index contributed by atoms with van der Waals surface area (Å²) < 4.78 is 136. The maximum atomic E-state index is 13.6. The molecule has 85 heavy (non-hydrogen) atoms. The van der Waals surface area contributed by atoms with Crippen molar-refractivity contribution in [3.63, 3.8) is 0 Å². The van der Waals surface area contributed by atoms with E-state index in [2.05, 4.69) is 70.6 Å². The molecule has 1 rings (SSSR count). The van der Waals surface area contributed by atoms with Crippen LogP contribution < -0.4 is 4.74 Å². The molecule has 0 bridgehead atoms. The molecule has 1 N–H and O–H groups in total. The van der Waals surface area contributed by atoms with E-state index in [-0.39, 0.29) is 65.8 Å². The number of aliphatic hydroxyl groups is 1. The molecule has 1 atom stereocenters. The van der Waals surface area contributed by atoms with Crippen molar-refractivity contribution < 1.29 is 118 Å². The first-order chi connectivity index (χ1) is 38.4. The van der Waals surface area contributed by atoms with Crippen LogP contribution in [-0.2, 0) is 87.7 Å². The molecule has 0 radical (unpaired) electrons. The molecule has 0 aliphatic heterocycles. The fourth-order valence-corrected chi connectivity index (χ4v) is 21.7. The van der Waals surface area contributed by atoms with Crippen LogP contribution in [0.25, 0.3) is 0 Å². The number of benzene rings is 1. The molecule has 0 amide bonds. The van der Waals surface area contributed by atoms with E-state index in [1.807, 2.05) is 55.4 Å². The van der Waals surface area contributed by atoms with Gasteiger partial charge in [-0.15, -0.1) is 0 Å². The van der Waals surface area contributed by atoms with Crippen molar-refractivity contribution >= 4 is 67.8 Å². The number of halogens is 4. The summed E-state index contributed by atoms with van der Waals surface area (Å²) in [7, 11) is -14.2. The number of hydrogen-bond donors (Lipinski definition) is 1. The molecule has 0 aromatic heterocycles. The van der Waals surface area contributed by atoms with Crippen LogP contribution in [0.4, 0.5) is 17.6 Å². The van der Waals surface area contributed by atoms with Crippen molar-refractivity contribution in [2.24, 2.45) is 22.2 Å². The number of esters is 4. The van der Waals surface area contributed by atoms with Crippen molar-refractivity contribution in [3.05, 3.63) is 23.3 Å². The first-order valence-electron chi connectivity index (χ1n) is 29.8. The second-order valence-electron chi connectivity index (χ2n) is 25.4. The van der Waals surface area contributed by atoms with Crippen LogP contribution in [-0.4, -0.2) is 129 Å². The van der Waals surface area contributed by atoms with E-state index in [4.69, 9.17) is 41.1 Å². The summed E-state index contributed by atoms with van der Waals surface area (Å²) in [6.07, 6.45) is 15.0. The number of carbonyl (C=O) groups is 4. The Hall–Kier alpha value is -1.90. The van der Waals surface area contributed by atoms with Gasteiger partial charge in [0.25, 0.3) is 0 Å². The average molecular weight is 1410 g/mol. The molecule has 0 heterocycles. The Bertz CT molecular complexity index is 2110. The van der Waals surface area contributed by atoms with E-state index in [9.17, 15) is 49.7 Å². The predicted molar refractivity (Wildman–Crippen MR) is 329 cm³/mol. The van der Waals surface area contributed by atoms with E-state index in [1.165, 1.54) is 65.2 Å². The van der Waals surface area contributed by atoms with Crippen LogP contribution in [0, 0.1) is 45.4 Å². The Morgan fingerprint density at radius 1 is 0.518 bits per heavy atom. The zero-order chi connectivity index (χ0) is 66.0. The van der Waals surface area contributed by atoms with Gasteiger partial charge in [0.2, 0.25) is 17.4 Å². The minimum absolute atomic E-state index is 0. The van der Waals surface area contributed by atoms with E-state index >= 15 is 0 Å². The van der Waals surface area contributed by atoms with Gasteiger partial charge in [0.1, 0.15) is 21.6 Å². The van der Waals surface area contributed by atoms with Crippen molar-refractivity contribution in [2.75, 3.05) is 52.9 Å². The summed E-state index contributed by atoms with van der Waals surface area (Å²) in [5, 5.41) is 8.44. The second kappa shape index (κ2) is 43.7. The van der Waals surface area contributed by atoms with Crippen LogP contribution in [0.3, 0.4) is 0 Å². The third-order valence-corrected chi connectivity index (χ3v) is 25.7. The van der Waals surface area contributed by atoms with E-state index in [1.54, 1.807) is 6.92 Å². The normalized spacial score (nSPS) is 12.7. The zero-order valence-electron chi connectivity index (χ0n) is 55.5. The van der Waals surface area contributed by atoms with E-state index < -0.39 is 100 Å². The number of rotatable bonds is 38. The summed E-state index contributed by atoms with van der Waals surface area (Å²) in [4.78, 5) is 44.5. The van der Waals surface area contributed by atoms with Crippen LogP contribution in [0.2, 0.25) is 65.0 Å². The van der Waals surface area contributed by atoms with Gasteiger partial charge < -0.3 is 50.4 Å². The maximum Gasteiger partial charge on any atom is 1.00 e. The number of carbonyl (C=O) groups excluding carboxylic acids is 4. The Morgan fingerprint density at radius 2 is 0.871 bits per heavy atom. The van der Waals surface area contributed by atoms with E-state index in [0.29, 0.717) is 52.1 Å². The molecule has 0 spiro atoms. The smallest absolute Gasteiger partial charge is 0.744 e. The third kappa shape index (κ3) is 41.2. The second-order valence-corrected chi connectivity index (χ2v) is 43.7. The van der Waals surface area contributed by atoms with Crippen LogP contribution in [0.1, 0.15) is 173 Å². The van der Waals surface area contributed by atoms with Gasteiger partial charge in [-0.1, -0.05) is 92.9 Å². The van der Waals surface area contributed by atoms with Gasteiger partial charge in [-0.05, 0) is 139 Å². The molecule has 1 aromatic carbocycles. The van der Waals surface area contributed by atoms with Gasteiger partial charge in [-0.2, -0.15) is 8.78 Å². The molecule has 0 fully saturated rings. The predicted octanol–water partition coefficient (Wildman–Crippen LogP) is 14.4. The van der Waals surface area contributed by atoms with E-state index in [0.717, 1.165) is 25.7 Å². The summed E-state index contributed by atoms with van der Waals surface area (Å²) in [6, 6.07) is 0.700. The zero-order valence-corrected chi connectivity index (χ0v) is 61.8. The standard InChI is InChI=1S/C18H44O5Si4.C16H32O2.C12H12F4O5S.C12H24O5.Ag/c1-13-18(2,3)17(19)20-15-14-16-27(21-24(4,5)6,22-25(7,8)9)23-26(10,11)12;1-4-6-7-8-9-10-11-12-13-14-18-16(17)15(3)5-2;1-4-12(2,3)11(17)21-9-5(13)7(15)10(22(18,19)20)8(16)6(9)14;1-4-12(2,3)11(14)17-10-9-16-8-7-15-6-5-13;/h13-16H2,1-12H3;15H,4-14H2,1-3H3;4H2,1-3H3,(H,18,19,20);13H,4-10H2,1-3H3;/q;;;;+1/p-1. The average Bonchev–Trinajstić information content (AvgIpc) is 2.03. The minimum atomic E-state index is -5.81. The molecule has 0 saturated heterocycles. The topological polar surface area (TPSA) is 229 Å². The van der Waals surface area contributed by atoms with Crippen molar-refractivity contribution in [1.82, 2.24) is 0 Å². The number of unbranched alkanes of at least 4 members (excludes halogenated alkanes) is 8. The first kappa shape index (κ1) is 89.5. The summed E-state index contributed by atoms with van der Waals surface area (Å²) in [5.41, 5.74) is -2.08. The van der Waals surface area contributed by atoms with Gasteiger partial charge in [0, 0.05) is 6.04 Å². The first-order valence-corrected chi connectivity index (χ1v) is 43.4. The van der Waals surface area contributed by atoms with Crippen LogP contribution >= 0.6 is 0 Å².